The maximum atomic E-state index is 9.04. The zero-order valence-corrected chi connectivity index (χ0v) is 9.95. The molecule has 2 aromatic heterocycles. The van der Waals surface area contributed by atoms with E-state index in [2.05, 4.69) is 16.0 Å². The van der Waals surface area contributed by atoms with Crippen molar-refractivity contribution in [3.63, 3.8) is 0 Å². The van der Waals surface area contributed by atoms with Gasteiger partial charge in [-0.3, -0.25) is 4.98 Å². The Morgan fingerprint density at radius 2 is 2.00 bits per heavy atom. The Bertz CT molecular complexity index is 523. The van der Waals surface area contributed by atoms with E-state index in [0.29, 0.717) is 4.88 Å². The summed E-state index contributed by atoms with van der Waals surface area (Å²) >= 11 is 1.44. The van der Waals surface area contributed by atoms with Crippen LogP contribution in [0, 0.1) is 11.3 Å². The van der Waals surface area contributed by atoms with Crippen LogP contribution in [0.25, 0.3) is 10.6 Å². The highest BCUT2D eigenvalue weighted by atomic mass is 32.1. The van der Waals surface area contributed by atoms with Crippen LogP contribution < -0.4 is 0 Å². The molecule has 0 atom stereocenters. The molecule has 80 valence electrons. The number of thiazole rings is 1. The molecular formula is C12H11N3S. The third-order valence-corrected chi connectivity index (χ3v) is 3.25. The van der Waals surface area contributed by atoms with E-state index in [-0.39, 0.29) is 5.92 Å². The van der Waals surface area contributed by atoms with Crippen molar-refractivity contribution < 1.29 is 0 Å². The maximum absolute atomic E-state index is 9.04. The van der Waals surface area contributed by atoms with Gasteiger partial charge in [0.1, 0.15) is 16.0 Å². The molecule has 0 aliphatic heterocycles. The SMILES string of the molecule is CC(C)c1nc(-c2ccncc2)sc1C#N. The summed E-state index contributed by atoms with van der Waals surface area (Å²) in [4.78, 5) is 9.20. The maximum Gasteiger partial charge on any atom is 0.128 e. The highest BCUT2D eigenvalue weighted by Crippen LogP contribution is 2.30. The molecule has 0 aromatic carbocycles. The number of hydrogen-bond donors (Lipinski definition) is 0. The van der Waals surface area contributed by atoms with Crippen LogP contribution in [0.3, 0.4) is 0 Å². The fourth-order valence-corrected chi connectivity index (χ4v) is 2.44. The first-order valence-electron chi connectivity index (χ1n) is 5.03. The fourth-order valence-electron chi connectivity index (χ4n) is 1.42. The monoisotopic (exact) mass is 229 g/mol. The van der Waals surface area contributed by atoms with Crippen molar-refractivity contribution in [1.29, 1.82) is 5.26 Å². The molecule has 0 saturated heterocycles. The summed E-state index contributed by atoms with van der Waals surface area (Å²) < 4.78 is 0. The second-order valence-electron chi connectivity index (χ2n) is 3.74. The number of nitrogens with zero attached hydrogens (tertiary/aromatic N) is 3. The Hall–Kier alpha value is -1.73. The largest absolute Gasteiger partial charge is 0.265 e. The van der Waals surface area contributed by atoms with Crippen LogP contribution >= 0.6 is 11.3 Å². The second-order valence-corrected chi connectivity index (χ2v) is 4.73. The molecule has 3 nitrogen and oxygen atoms in total. The van der Waals surface area contributed by atoms with Crippen molar-refractivity contribution in [2.45, 2.75) is 19.8 Å². The molecule has 4 heteroatoms. The highest BCUT2D eigenvalue weighted by Gasteiger charge is 2.14. The van der Waals surface area contributed by atoms with Crippen molar-refractivity contribution in [2.24, 2.45) is 0 Å². The lowest BCUT2D eigenvalue weighted by atomic mass is 10.1. The molecule has 0 unspecified atom stereocenters. The van der Waals surface area contributed by atoms with Crippen LogP contribution in [0.5, 0.6) is 0 Å². The van der Waals surface area contributed by atoms with E-state index in [0.717, 1.165) is 16.3 Å². The normalized spacial score (nSPS) is 10.4. The Balaban J connectivity index is 2.49. The average Bonchev–Trinajstić information content (AvgIpc) is 2.74. The molecule has 2 rings (SSSR count). The van der Waals surface area contributed by atoms with Gasteiger partial charge in [-0.05, 0) is 18.1 Å². The standard InChI is InChI=1S/C12H11N3S/c1-8(2)11-10(7-13)16-12(15-11)9-3-5-14-6-4-9/h3-6,8H,1-2H3. The Morgan fingerprint density at radius 1 is 1.31 bits per heavy atom. The quantitative estimate of drug-likeness (QED) is 0.794. The predicted molar refractivity (Wildman–Crippen MR) is 64.1 cm³/mol. The highest BCUT2D eigenvalue weighted by molar-refractivity contribution is 7.15. The summed E-state index contributed by atoms with van der Waals surface area (Å²) in [6.07, 6.45) is 3.47. The van der Waals surface area contributed by atoms with Gasteiger partial charge in [0.25, 0.3) is 0 Å². The molecule has 0 fully saturated rings. The van der Waals surface area contributed by atoms with Gasteiger partial charge in [0, 0.05) is 18.0 Å². The lowest BCUT2D eigenvalue weighted by Crippen LogP contribution is -1.90. The summed E-state index contributed by atoms with van der Waals surface area (Å²) in [5, 5.41) is 9.93. The van der Waals surface area contributed by atoms with E-state index in [1.165, 1.54) is 11.3 Å². The average molecular weight is 229 g/mol. The van der Waals surface area contributed by atoms with Crippen molar-refractivity contribution in [1.82, 2.24) is 9.97 Å². The van der Waals surface area contributed by atoms with E-state index in [1.54, 1.807) is 12.4 Å². The number of aromatic nitrogens is 2. The molecule has 0 radical (unpaired) electrons. The zero-order chi connectivity index (χ0) is 11.5. The van der Waals surface area contributed by atoms with Gasteiger partial charge in [0.2, 0.25) is 0 Å². The van der Waals surface area contributed by atoms with Crippen LogP contribution in [-0.4, -0.2) is 9.97 Å². The van der Waals surface area contributed by atoms with Crippen molar-refractivity contribution in [3.05, 3.63) is 35.1 Å². The molecule has 2 heterocycles. The smallest absolute Gasteiger partial charge is 0.128 e. The first-order valence-corrected chi connectivity index (χ1v) is 5.85. The van der Waals surface area contributed by atoms with Gasteiger partial charge in [0.05, 0.1) is 5.69 Å². The minimum Gasteiger partial charge on any atom is -0.265 e. The van der Waals surface area contributed by atoms with Crippen LogP contribution in [0.1, 0.15) is 30.3 Å². The topological polar surface area (TPSA) is 49.6 Å². The van der Waals surface area contributed by atoms with E-state index in [9.17, 15) is 0 Å². The summed E-state index contributed by atoms with van der Waals surface area (Å²) in [7, 11) is 0. The minimum absolute atomic E-state index is 0.279. The molecule has 2 aromatic rings. The molecule has 16 heavy (non-hydrogen) atoms. The number of pyridine rings is 1. The van der Waals surface area contributed by atoms with E-state index < -0.39 is 0 Å². The van der Waals surface area contributed by atoms with Gasteiger partial charge in [-0.15, -0.1) is 11.3 Å². The molecule has 0 aliphatic rings. The molecule has 0 N–H and O–H groups in total. The van der Waals surface area contributed by atoms with E-state index >= 15 is 0 Å². The number of hydrogen-bond acceptors (Lipinski definition) is 4. The summed E-state index contributed by atoms with van der Waals surface area (Å²) in [5.41, 5.74) is 1.91. The summed E-state index contributed by atoms with van der Waals surface area (Å²) in [6.45, 7) is 4.10. The lowest BCUT2D eigenvalue weighted by molar-refractivity contribution is 0.830. The fraction of sp³-hybridized carbons (Fsp3) is 0.250. The van der Waals surface area contributed by atoms with Crippen molar-refractivity contribution in [2.75, 3.05) is 0 Å². The summed E-state index contributed by atoms with van der Waals surface area (Å²) in [6, 6.07) is 6.02. The second kappa shape index (κ2) is 4.42. The van der Waals surface area contributed by atoms with Crippen LogP contribution in [0.4, 0.5) is 0 Å². The Kier molecular flexibility index (Phi) is 2.97. The third kappa shape index (κ3) is 1.95. The first-order chi connectivity index (χ1) is 7.72. The van der Waals surface area contributed by atoms with Crippen molar-refractivity contribution in [3.8, 4) is 16.6 Å². The number of nitriles is 1. The molecule has 0 bridgehead atoms. The van der Waals surface area contributed by atoms with Crippen LogP contribution in [0.15, 0.2) is 24.5 Å². The van der Waals surface area contributed by atoms with Gasteiger partial charge in [-0.2, -0.15) is 5.26 Å². The Morgan fingerprint density at radius 3 is 2.50 bits per heavy atom. The lowest BCUT2D eigenvalue weighted by Gasteiger charge is -1.98. The summed E-state index contributed by atoms with van der Waals surface area (Å²) in [5.74, 6) is 0.279. The first kappa shape index (κ1) is 10.8. The van der Waals surface area contributed by atoms with Gasteiger partial charge in [0.15, 0.2) is 0 Å². The molecule has 0 spiro atoms. The Labute approximate surface area is 98.4 Å². The van der Waals surface area contributed by atoms with Gasteiger partial charge in [-0.1, -0.05) is 13.8 Å². The zero-order valence-electron chi connectivity index (χ0n) is 9.14. The van der Waals surface area contributed by atoms with E-state index in [4.69, 9.17) is 5.26 Å². The number of rotatable bonds is 2. The molecule has 0 saturated carbocycles. The molecular weight excluding hydrogens is 218 g/mol. The predicted octanol–water partition coefficient (Wildman–Crippen LogP) is 3.20. The van der Waals surface area contributed by atoms with Gasteiger partial charge >= 0.3 is 0 Å². The minimum atomic E-state index is 0.279. The van der Waals surface area contributed by atoms with Crippen LogP contribution in [-0.2, 0) is 0 Å². The molecule has 0 amide bonds. The van der Waals surface area contributed by atoms with Crippen LogP contribution in [0.2, 0.25) is 0 Å². The van der Waals surface area contributed by atoms with Gasteiger partial charge < -0.3 is 0 Å². The molecule has 0 aliphatic carbocycles. The van der Waals surface area contributed by atoms with E-state index in [1.807, 2.05) is 26.0 Å². The van der Waals surface area contributed by atoms with Crippen molar-refractivity contribution >= 4 is 11.3 Å². The third-order valence-electron chi connectivity index (χ3n) is 2.23. The van der Waals surface area contributed by atoms with Gasteiger partial charge in [-0.25, -0.2) is 4.98 Å².